The number of ether oxygens (including phenoxy) is 3. The van der Waals surface area contributed by atoms with Crippen molar-refractivity contribution in [2.24, 2.45) is 0 Å². The number of hydrogen-bond donors (Lipinski definition) is 2. The molecule has 2 N–H and O–H groups in total. The third-order valence-electron chi connectivity index (χ3n) is 11.1. The van der Waals surface area contributed by atoms with Gasteiger partial charge in [-0.2, -0.15) is 0 Å². The number of nitrogens with one attached hydrogen (secondary N) is 1. The van der Waals surface area contributed by atoms with E-state index in [0.717, 1.165) is 43.1 Å². The molecule has 10 heteroatoms. The van der Waals surface area contributed by atoms with Gasteiger partial charge in [0.15, 0.2) is 18.4 Å². The van der Waals surface area contributed by atoms with E-state index in [-0.39, 0.29) is 12.8 Å². The van der Waals surface area contributed by atoms with E-state index in [1.54, 1.807) is 0 Å². The fourth-order valence-corrected chi connectivity index (χ4v) is 7.68. The van der Waals surface area contributed by atoms with E-state index in [1.807, 2.05) is 0 Å². The van der Waals surface area contributed by atoms with Gasteiger partial charge in [0.05, 0.1) is 6.61 Å². The predicted octanol–water partition coefficient (Wildman–Crippen LogP) is 10.8. The summed E-state index contributed by atoms with van der Waals surface area (Å²) in [6.07, 6.45) is 34.0. The molecule has 0 bridgehead atoms. The Morgan fingerprint density at radius 1 is 0.582 bits per heavy atom. The Morgan fingerprint density at radius 2 is 0.927 bits per heavy atom. The molecule has 0 amide bonds. The summed E-state index contributed by atoms with van der Waals surface area (Å²) in [6.45, 7) is 4.01. The van der Waals surface area contributed by atoms with Gasteiger partial charge in [0.25, 0.3) is 5.56 Å². The van der Waals surface area contributed by atoms with Crippen LogP contribution in [0.5, 0.6) is 0 Å². The van der Waals surface area contributed by atoms with E-state index < -0.39 is 54.3 Å². The Labute approximate surface area is 333 Å². The molecule has 2 rings (SSSR count). The maximum atomic E-state index is 13.1. The van der Waals surface area contributed by atoms with E-state index >= 15 is 0 Å². The van der Waals surface area contributed by atoms with Crippen molar-refractivity contribution in [2.45, 2.75) is 244 Å². The molecule has 0 radical (unpaired) electrons. The number of aliphatic hydroxyl groups excluding tert-OH is 1. The molecule has 1 aliphatic rings. The van der Waals surface area contributed by atoms with Crippen LogP contribution in [-0.4, -0.2) is 51.5 Å². The van der Waals surface area contributed by atoms with Gasteiger partial charge in [-0.05, 0) is 12.8 Å². The topological polar surface area (TPSA) is 137 Å². The van der Waals surface area contributed by atoms with Crippen LogP contribution in [0, 0.1) is 0 Å². The first-order valence-corrected chi connectivity index (χ1v) is 22.9. The summed E-state index contributed by atoms with van der Waals surface area (Å²) in [6, 6.07) is 1.17. The molecular formula is C45H80N2O8. The minimum atomic E-state index is -1.17. The Hall–Kier alpha value is -2.46. The van der Waals surface area contributed by atoms with Gasteiger partial charge in [-0.1, -0.05) is 194 Å². The number of aromatic nitrogens is 2. The average Bonchev–Trinajstić information content (AvgIpc) is 3.50. The Kier molecular flexibility index (Phi) is 28.9. The summed E-state index contributed by atoms with van der Waals surface area (Å²) in [5.74, 6) is -0.938. The van der Waals surface area contributed by atoms with Gasteiger partial charge in [-0.25, -0.2) is 4.79 Å². The molecule has 10 nitrogen and oxygen atoms in total. The van der Waals surface area contributed by atoms with Crippen molar-refractivity contribution in [3.05, 3.63) is 33.1 Å². The number of carbonyl (C=O) groups excluding carboxylic acids is 2. The quantitative estimate of drug-likeness (QED) is 0.0508. The summed E-state index contributed by atoms with van der Waals surface area (Å²) in [7, 11) is 0. The Balaban J connectivity index is 1.71. The number of rotatable bonds is 36. The van der Waals surface area contributed by atoms with Gasteiger partial charge >= 0.3 is 17.6 Å². The summed E-state index contributed by atoms with van der Waals surface area (Å²) < 4.78 is 18.7. The number of unbranched alkanes of at least 4 members (excludes halogenated alkanes) is 28. The third kappa shape index (κ3) is 22.8. The largest absolute Gasteiger partial charge is 0.455 e. The standard InChI is InChI=1S/C45H80N2O8/c1-3-5-7-9-11-13-15-17-19-21-23-25-27-29-31-33-40(50)54-42-38(37-48)53-44(47-36-35-39(49)46-45(47)52)43(42)55-41(51)34-32-30-28-26-24-22-20-18-16-14-12-10-8-6-4-2/h35-36,38,42-44,48H,3-34,37H2,1-2H3,(H,46,49,52)/t38-,42?,43?,44-/m0/s1. The molecule has 1 aromatic rings. The van der Waals surface area contributed by atoms with Crippen molar-refractivity contribution in [1.82, 2.24) is 9.55 Å². The van der Waals surface area contributed by atoms with Crippen LogP contribution in [-0.2, 0) is 23.8 Å². The number of carbonyl (C=O) groups is 2. The van der Waals surface area contributed by atoms with Gasteiger partial charge in [-0.3, -0.25) is 23.9 Å². The normalized spacial score (nSPS) is 18.2. The number of aliphatic hydroxyl groups is 1. The molecule has 1 aromatic heterocycles. The first-order chi connectivity index (χ1) is 26.9. The second-order valence-electron chi connectivity index (χ2n) is 16.1. The van der Waals surface area contributed by atoms with Crippen molar-refractivity contribution in [2.75, 3.05) is 6.61 Å². The highest BCUT2D eigenvalue weighted by molar-refractivity contribution is 5.70. The second-order valence-corrected chi connectivity index (χ2v) is 16.1. The molecule has 2 unspecified atom stereocenters. The number of nitrogens with zero attached hydrogens (tertiary/aromatic N) is 1. The molecule has 1 aliphatic heterocycles. The van der Waals surface area contributed by atoms with Crippen molar-refractivity contribution in [1.29, 1.82) is 0 Å². The highest BCUT2D eigenvalue weighted by Gasteiger charge is 2.50. The lowest BCUT2D eigenvalue weighted by Gasteiger charge is -2.24. The number of esters is 2. The zero-order chi connectivity index (χ0) is 39.8. The Morgan fingerprint density at radius 3 is 1.27 bits per heavy atom. The molecule has 0 aliphatic carbocycles. The van der Waals surface area contributed by atoms with Gasteiger partial charge in [0, 0.05) is 25.1 Å². The fraction of sp³-hybridized carbons (Fsp3) is 0.867. The minimum Gasteiger partial charge on any atom is -0.455 e. The van der Waals surface area contributed by atoms with Gasteiger partial charge < -0.3 is 19.3 Å². The van der Waals surface area contributed by atoms with Gasteiger partial charge in [0.1, 0.15) is 6.10 Å². The average molecular weight is 777 g/mol. The summed E-state index contributed by atoms with van der Waals surface area (Å²) in [5, 5.41) is 10.1. The molecule has 0 spiro atoms. The van der Waals surface area contributed by atoms with E-state index in [4.69, 9.17) is 14.2 Å². The fourth-order valence-electron chi connectivity index (χ4n) is 7.68. The van der Waals surface area contributed by atoms with Crippen molar-refractivity contribution in [3.8, 4) is 0 Å². The van der Waals surface area contributed by atoms with Crippen molar-refractivity contribution >= 4 is 11.9 Å². The van der Waals surface area contributed by atoms with E-state index in [0.29, 0.717) is 12.8 Å². The predicted molar refractivity (Wildman–Crippen MR) is 221 cm³/mol. The molecule has 2 heterocycles. The second kappa shape index (κ2) is 32.6. The highest BCUT2D eigenvalue weighted by Crippen LogP contribution is 2.34. The highest BCUT2D eigenvalue weighted by atomic mass is 16.6. The van der Waals surface area contributed by atoms with Crippen LogP contribution in [0.3, 0.4) is 0 Å². The third-order valence-corrected chi connectivity index (χ3v) is 11.1. The zero-order valence-electron chi connectivity index (χ0n) is 35.1. The molecule has 1 saturated heterocycles. The van der Waals surface area contributed by atoms with E-state index in [2.05, 4.69) is 18.8 Å². The van der Waals surface area contributed by atoms with Crippen LogP contribution in [0.1, 0.15) is 226 Å². The van der Waals surface area contributed by atoms with Gasteiger partial charge in [0.2, 0.25) is 0 Å². The van der Waals surface area contributed by atoms with Crippen LogP contribution in [0.15, 0.2) is 21.9 Å². The van der Waals surface area contributed by atoms with Crippen molar-refractivity contribution in [3.63, 3.8) is 0 Å². The van der Waals surface area contributed by atoms with Crippen molar-refractivity contribution < 1.29 is 28.9 Å². The lowest BCUT2D eigenvalue weighted by Crippen LogP contribution is -2.42. The SMILES string of the molecule is CCCCCCCCCCCCCCCCCC(=O)OC1C(OC(=O)CCCCCCCCCCCCCCCCC)[C@@H](n2ccc(=O)[nH]c2=O)O[C@H]1CO. The van der Waals surface area contributed by atoms with E-state index in [9.17, 15) is 24.3 Å². The molecule has 0 saturated carbocycles. The van der Waals surface area contributed by atoms with Crippen LogP contribution in [0.4, 0.5) is 0 Å². The molecular weight excluding hydrogens is 697 g/mol. The van der Waals surface area contributed by atoms with Crippen LogP contribution in [0.25, 0.3) is 0 Å². The Bertz CT molecular complexity index is 1220. The van der Waals surface area contributed by atoms with Gasteiger partial charge in [-0.15, -0.1) is 0 Å². The summed E-state index contributed by atoms with van der Waals surface area (Å²) in [4.78, 5) is 52.7. The first kappa shape index (κ1) is 48.7. The van der Waals surface area contributed by atoms with Crippen LogP contribution >= 0.6 is 0 Å². The molecule has 0 aromatic carbocycles. The molecule has 1 fully saturated rings. The maximum absolute atomic E-state index is 13.1. The van der Waals surface area contributed by atoms with Crippen LogP contribution < -0.4 is 11.2 Å². The monoisotopic (exact) mass is 777 g/mol. The first-order valence-electron chi connectivity index (χ1n) is 22.9. The summed E-state index contributed by atoms with van der Waals surface area (Å²) >= 11 is 0. The molecule has 4 atom stereocenters. The molecule has 55 heavy (non-hydrogen) atoms. The molecule has 318 valence electrons. The lowest BCUT2D eigenvalue weighted by molar-refractivity contribution is -0.169. The smallest absolute Gasteiger partial charge is 0.330 e. The minimum absolute atomic E-state index is 0.186. The zero-order valence-corrected chi connectivity index (χ0v) is 35.1. The summed E-state index contributed by atoms with van der Waals surface area (Å²) in [5.41, 5.74) is -1.33. The van der Waals surface area contributed by atoms with E-state index in [1.165, 1.54) is 154 Å². The number of aromatic amines is 1. The lowest BCUT2D eigenvalue weighted by atomic mass is 10.0. The maximum Gasteiger partial charge on any atom is 0.330 e. The number of hydrogen-bond acceptors (Lipinski definition) is 8. The number of H-pyrrole nitrogens is 1. The van der Waals surface area contributed by atoms with Crippen LogP contribution in [0.2, 0.25) is 0 Å².